The van der Waals surface area contributed by atoms with Gasteiger partial charge in [-0.05, 0) is 61.8 Å². The molecule has 5 heteroatoms. The summed E-state index contributed by atoms with van der Waals surface area (Å²) in [5.74, 6) is 3.16. The van der Waals surface area contributed by atoms with Crippen LogP contribution in [0.25, 0.3) is 11.1 Å². The normalized spacial score (nSPS) is 16.3. The monoisotopic (exact) mass is 486 g/mol. The average molecular weight is 487 g/mol. The summed E-state index contributed by atoms with van der Waals surface area (Å²) in [5.41, 5.74) is 7.23. The number of nitrogens with zero attached hydrogens (tertiary/aromatic N) is 2. The van der Waals surface area contributed by atoms with Crippen molar-refractivity contribution in [2.45, 2.75) is 67.5 Å². The molecule has 2 heterocycles. The van der Waals surface area contributed by atoms with Crippen LogP contribution >= 0.6 is 0 Å². The molecule has 4 rings (SSSR count). The summed E-state index contributed by atoms with van der Waals surface area (Å²) in [7, 11) is 1.69. The van der Waals surface area contributed by atoms with Crippen molar-refractivity contribution in [3.8, 4) is 11.1 Å². The molecule has 1 aliphatic rings. The Bertz CT molecular complexity index is 1280. The van der Waals surface area contributed by atoms with Gasteiger partial charge >= 0.3 is 0 Å². The van der Waals surface area contributed by atoms with Gasteiger partial charge in [0.2, 0.25) is 0 Å². The first-order valence-electron chi connectivity index (χ1n) is 12.6. The maximum absolute atomic E-state index is 6.37. The number of aromatic nitrogens is 1. The highest BCUT2D eigenvalue weighted by atomic mass is 16.5. The second-order valence-electron chi connectivity index (χ2n) is 10.8. The molecule has 0 aliphatic carbocycles. The van der Waals surface area contributed by atoms with Crippen molar-refractivity contribution in [2.24, 2.45) is 5.41 Å². The van der Waals surface area contributed by atoms with Gasteiger partial charge in [0.25, 0.3) is 0 Å². The van der Waals surface area contributed by atoms with E-state index in [-0.39, 0.29) is 11.5 Å². The molecule has 0 spiro atoms. The van der Waals surface area contributed by atoms with Crippen LogP contribution in [0.5, 0.6) is 0 Å². The van der Waals surface area contributed by atoms with Crippen LogP contribution in [-0.2, 0) is 22.5 Å². The summed E-state index contributed by atoms with van der Waals surface area (Å²) in [6, 6.07) is 17.2. The Hall–Kier alpha value is -3.47. The maximum atomic E-state index is 6.37. The Morgan fingerprint density at radius 3 is 2.36 bits per heavy atom. The Morgan fingerprint density at radius 1 is 1.03 bits per heavy atom. The van der Waals surface area contributed by atoms with Gasteiger partial charge in [-0.2, -0.15) is 0 Å². The lowest BCUT2D eigenvalue weighted by Crippen LogP contribution is -2.37. The van der Waals surface area contributed by atoms with Gasteiger partial charge in [-0.1, -0.05) is 74.5 Å². The van der Waals surface area contributed by atoms with Gasteiger partial charge in [0, 0.05) is 17.3 Å². The van der Waals surface area contributed by atoms with Gasteiger partial charge in [-0.25, -0.2) is 0 Å². The number of aryl methyl sites for hydroxylation is 1. The van der Waals surface area contributed by atoms with Crippen molar-refractivity contribution in [1.82, 2.24) is 5.16 Å². The molecule has 1 unspecified atom stereocenters. The molecule has 0 amide bonds. The van der Waals surface area contributed by atoms with E-state index in [9.17, 15) is 0 Å². The van der Waals surface area contributed by atoms with Gasteiger partial charge in [0.15, 0.2) is 17.3 Å². The fraction of sp³-hybridized carbons (Fsp3) is 0.387. The quantitative estimate of drug-likeness (QED) is 0.342. The van der Waals surface area contributed by atoms with Crippen LogP contribution in [0.1, 0.15) is 57.1 Å². The first kappa shape index (κ1) is 25.6. The minimum atomic E-state index is -0.0740. The first-order valence-corrected chi connectivity index (χ1v) is 12.6. The lowest BCUT2D eigenvalue weighted by molar-refractivity contribution is 0.165. The fourth-order valence-electron chi connectivity index (χ4n) is 4.84. The SMILES string of the molecule is COC1=C(OCc2ccc(-c3ccccc3)c(CC(C)(C)C)c2)C=C(C)N(c2noc(C)c2C)C1C. The molecular formula is C31H38N2O3. The van der Waals surface area contributed by atoms with Crippen LogP contribution in [0.15, 0.2) is 76.3 Å². The predicted octanol–water partition coefficient (Wildman–Crippen LogP) is 7.73. The van der Waals surface area contributed by atoms with E-state index in [0.29, 0.717) is 6.61 Å². The Balaban J connectivity index is 1.60. The molecule has 1 atom stereocenters. The Morgan fingerprint density at radius 2 is 1.75 bits per heavy atom. The van der Waals surface area contributed by atoms with Crippen LogP contribution in [0.4, 0.5) is 5.82 Å². The molecule has 0 bridgehead atoms. The highest BCUT2D eigenvalue weighted by Crippen LogP contribution is 2.35. The third kappa shape index (κ3) is 5.35. The first-order chi connectivity index (χ1) is 17.1. The zero-order valence-electron chi connectivity index (χ0n) is 22.8. The van der Waals surface area contributed by atoms with Crippen molar-refractivity contribution < 1.29 is 14.0 Å². The molecule has 0 fully saturated rings. The molecule has 5 nitrogen and oxygen atoms in total. The number of hydrogen-bond donors (Lipinski definition) is 0. The van der Waals surface area contributed by atoms with Crippen molar-refractivity contribution in [3.05, 3.63) is 94.3 Å². The zero-order chi connectivity index (χ0) is 26.0. The van der Waals surface area contributed by atoms with Gasteiger partial charge in [0.1, 0.15) is 12.4 Å². The van der Waals surface area contributed by atoms with E-state index in [2.05, 4.69) is 93.2 Å². The molecule has 190 valence electrons. The van der Waals surface area contributed by atoms with Crippen molar-refractivity contribution >= 4 is 5.82 Å². The summed E-state index contributed by atoms with van der Waals surface area (Å²) in [5, 5.41) is 4.29. The zero-order valence-corrected chi connectivity index (χ0v) is 22.8. The Kier molecular flexibility index (Phi) is 7.30. The maximum Gasteiger partial charge on any atom is 0.180 e. The smallest absolute Gasteiger partial charge is 0.180 e. The number of anilines is 1. The minimum absolute atomic E-state index is 0.0740. The molecule has 0 saturated carbocycles. The molecule has 1 aromatic heterocycles. The van der Waals surface area contributed by atoms with E-state index in [1.54, 1.807) is 7.11 Å². The summed E-state index contributed by atoms with van der Waals surface area (Å²) in [6.45, 7) is 15.4. The van der Waals surface area contributed by atoms with Crippen molar-refractivity contribution in [1.29, 1.82) is 0 Å². The van der Waals surface area contributed by atoms with Crippen LogP contribution < -0.4 is 4.90 Å². The van der Waals surface area contributed by atoms with Gasteiger partial charge in [0.05, 0.1) is 13.2 Å². The number of benzene rings is 2. The molecule has 2 aromatic carbocycles. The largest absolute Gasteiger partial charge is 0.495 e. The summed E-state index contributed by atoms with van der Waals surface area (Å²) >= 11 is 0. The number of hydrogen-bond acceptors (Lipinski definition) is 5. The van der Waals surface area contributed by atoms with Crippen LogP contribution in [0.3, 0.4) is 0 Å². The van der Waals surface area contributed by atoms with E-state index in [0.717, 1.165) is 46.3 Å². The van der Waals surface area contributed by atoms with Crippen LogP contribution in [-0.4, -0.2) is 18.3 Å². The average Bonchev–Trinajstić information content (AvgIpc) is 3.15. The van der Waals surface area contributed by atoms with E-state index in [1.807, 2.05) is 19.9 Å². The fourth-order valence-corrected chi connectivity index (χ4v) is 4.84. The summed E-state index contributed by atoms with van der Waals surface area (Å²) in [6.07, 6.45) is 3.01. The lowest BCUT2D eigenvalue weighted by atomic mass is 9.84. The number of methoxy groups -OCH3 is 1. The third-order valence-corrected chi connectivity index (χ3v) is 6.68. The van der Waals surface area contributed by atoms with Crippen molar-refractivity contribution in [2.75, 3.05) is 12.0 Å². The molecule has 36 heavy (non-hydrogen) atoms. The van der Waals surface area contributed by atoms with E-state index in [4.69, 9.17) is 14.0 Å². The molecule has 0 N–H and O–H groups in total. The van der Waals surface area contributed by atoms with E-state index in [1.165, 1.54) is 16.7 Å². The highest BCUT2D eigenvalue weighted by molar-refractivity contribution is 5.68. The van der Waals surface area contributed by atoms with Gasteiger partial charge in [-0.15, -0.1) is 0 Å². The van der Waals surface area contributed by atoms with Crippen LogP contribution in [0.2, 0.25) is 0 Å². The molecule has 0 radical (unpaired) electrons. The summed E-state index contributed by atoms with van der Waals surface area (Å²) < 4.78 is 17.6. The number of rotatable bonds is 7. The van der Waals surface area contributed by atoms with E-state index >= 15 is 0 Å². The molecule has 1 aliphatic heterocycles. The second kappa shape index (κ2) is 10.3. The third-order valence-electron chi connectivity index (χ3n) is 6.68. The molecule has 3 aromatic rings. The van der Waals surface area contributed by atoms with Crippen LogP contribution in [0, 0.1) is 19.3 Å². The van der Waals surface area contributed by atoms with Crippen molar-refractivity contribution in [3.63, 3.8) is 0 Å². The number of ether oxygens (including phenoxy) is 2. The standard InChI is InChI=1S/C31H38N2O3/c1-20-16-28(29(34-8)22(3)33(20)30-21(2)23(4)36-32-30)35-19-24-14-15-27(25-12-10-9-11-13-25)26(17-24)18-31(5,6)7/h9-17,22H,18-19H2,1-8H3. The predicted molar refractivity (Wildman–Crippen MR) is 146 cm³/mol. The van der Waals surface area contributed by atoms with Gasteiger partial charge < -0.3 is 18.9 Å². The topological polar surface area (TPSA) is 47.7 Å². The molecular weight excluding hydrogens is 448 g/mol. The second-order valence-corrected chi connectivity index (χ2v) is 10.8. The molecule has 0 saturated heterocycles. The lowest BCUT2D eigenvalue weighted by Gasteiger charge is -2.35. The van der Waals surface area contributed by atoms with E-state index < -0.39 is 0 Å². The summed E-state index contributed by atoms with van der Waals surface area (Å²) in [4.78, 5) is 2.13. The Labute approximate surface area is 215 Å². The highest BCUT2D eigenvalue weighted by Gasteiger charge is 2.32. The number of allylic oxidation sites excluding steroid dienone is 2. The van der Waals surface area contributed by atoms with Gasteiger partial charge in [-0.3, -0.25) is 0 Å². The minimum Gasteiger partial charge on any atom is -0.495 e.